The van der Waals surface area contributed by atoms with Crippen LogP contribution < -0.4 is 0 Å². The van der Waals surface area contributed by atoms with Gasteiger partial charge in [-0.15, -0.1) is 0 Å². The molecule has 0 saturated carbocycles. The molecule has 0 radical (unpaired) electrons. The fourth-order valence-corrected chi connectivity index (χ4v) is 3.92. The maximum absolute atomic E-state index is 10.2. The quantitative estimate of drug-likeness (QED) is 0.471. The summed E-state index contributed by atoms with van der Waals surface area (Å²) in [6, 6.07) is 6.45. The van der Waals surface area contributed by atoms with Crippen LogP contribution in [0.4, 0.5) is 0 Å². The van der Waals surface area contributed by atoms with Crippen LogP contribution in [0.25, 0.3) is 11.1 Å². The summed E-state index contributed by atoms with van der Waals surface area (Å²) in [5.41, 5.74) is 0.733. The number of thiocyanates is 2. The summed E-state index contributed by atoms with van der Waals surface area (Å²) in [4.78, 5) is 1.24. The van der Waals surface area contributed by atoms with E-state index in [1.807, 2.05) is 10.8 Å². The second kappa shape index (κ2) is 7.30. The highest BCUT2D eigenvalue weighted by Gasteiger charge is 2.17. The van der Waals surface area contributed by atoms with Crippen LogP contribution in [-0.4, -0.2) is 10.2 Å². The van der Waals surface area contributed by atoms with E-state index in [0.717, 1.165) is 23.5 Å². The standard InChI is InChI=1S/C14H6Br2N2O2S2/c15-11-3-7(21-5-17)1-9(13(11)19)10-2-8(22-6-18)4-12(16)14(10)20/h1-4,19-20H. The molecule has 0 bridgehead atoms. The summed E-state index contributed by atoms with van der Waals surface area (Å²) in [7, 11) is 0. The van der Waals surface area contributed by atoms with Gasteiger partial charge in [-0.3, -0.25) is 0 Å². The molecule has 2 aromatic rings. The van der Waals surface area contributed by atoms with Gasteiger partial charge in [0.05, 0.1) is 8.95 Å². The minimum atomic E-state index is -0.0522. The summed E-state index contributed by atoms with van der Waals surface area (Å²) < 4.78 is 0.827. The third kappa shape index (κ3) is 3.53. The number of hydrogen-bond donors (Lipinski definition) is 2. The van der Waals surface area contributed by atoms with Gasteiger partial charge in [0.15, 0.2) is 0 Å². The number of phenolic OH excluding ortho intramolecular Hbond substituents is 2. The first kappa shape index (κ1) is 17.0. The van der Waals surface area contributed by atoms with E-state index in [-0.39, 0.29) is 11.5 Å². The lowest BCUT2D eigenvalue weighted by Gasteiger charge is -2.12. The van der Waals surface area contributed by atoms with Crippen LogP contribution in [-0.2, 0) is 0 Å². The molecular formula is C14H6Br2N2O2S2. The monoisotopic (exact) mass is 456 g/mol. The Morgan fingerprint density at radius 3 is 1.45 bits per heavy atom. The molecule has 0 spiro atoms. The summed E-state index contributed by atoms with van der Waals surface area (Å²) in [5.74, 6) is -0.104. The Labute approximate surface area is 152 Å². The average molecular weight is 458 g/mol. The van der Waals surface area contributed by atoms with Gasteiger partial charge in [-0.25, -0.2) is 0 Å². The lowest BCUT2D eigenvalue weighted by atomic mass is 10.0. The first-order chi connectivity index (χ1) is 10.5. The second-order valence-electron chi connectivity index (χ2n) is 3.99. The van der Waals surface area contributed by atoms with Crippen molar-refractivity contribution in [3.05, 3.63) is 33.2 Å². The highest BCUT2D eigenvalue weighted by Crippen LogP contribution is 2.45. The summed E-state index contributed by atoms with van der Waals surface area (Å²) in [5, 5.41) is 42.0. The third-order valence-corrected chi connectivity index (χ3v) is 5.03. The van der Waals surface area contributed by atoms with Crippen molar-refractivity contribution < 1.29 is 10.2 Å². The predicted octanol–water partition coefficient (Wildman–Crippen LogP) is 5.44. The lowest BCUT2D eigenvalue weighted by molar-refractivity contribution is 0.465. The summed E-state index contributed by atoms with van der Waals surface area (Å²) in [6.07, 6.45) is 0. The number of thioether (sulfide) groups is 2. The Balaban J connectivity index is 2.71. The average Bonchev–Trinajstić information content (AvgIpc) is 2.47. The SMILES string of the molecule is N#CSc1cc(Br)c(O)c(-c2cc(SC#N)cc(Br)c2O)c1. The van der Waals surface area contributed by atoms with Crippen molar-refractivity contribution in [2.45, 2.75) is 9.79 Å². The number of nitriles is 2. The minimum Gasteiger partial charge on any atom is -0.506 e. The maximum atomic E-state index is 10.2. The molecule has 0 aliphatic rings. The largest absolute Gasteiger partial charge is 0.506 e. The van der Waals surface area contributed by atoms with Crippen LogP contribution in [0.2, 0.25) is 0 Å². The second-order valence-corrected chi connectivity index (χ2v) is 7.41. The van der Waals surface area contributed by atoms with Crippen molar-refractivity contribution in [3.63, 3.8) is 0 Å². The Kier molecular flexibility index (Phi) is 5.65. The highest BCUT2D eigenvalue weighted by atomic mass is 79.9. The number of benzene rings is 2. The molecule has 0 unspecified atom stereocenters. The van der Waals surface area contributed by atoms with Crippen molar-refractivity contribution in [3.8, 4) is 33.4 Å². The molecule has 22 heavy (non-hydrogen) atoms. The van der Waals surface area contributed by atoms with Crippen LogP contribution in [0.5, 0.6) is 11.5 Å². The molecule has 4 nitrogen and oxygen atoms in total. The smallest absolute Gasteiger partial charge is 0.138 e. The molecule has 0 aliphatic carbocycles. The van der Waals surface area contributed by atoms with Crippen LogP contribution in [0.15, 0.2) is 43.0 Å². The molecule has 2 rings (SSSR count). The zero-order chi connectivity index (χ0) is 16.3. The van der Waals surface area contributed by atoms with Crippen LogP contribution >= 0.6 is 55.4 Å². The van der Waals surface area contributed by atoms with E-state index in [1.165, 1.54) is 0 Å². The van der Waals surface area contributed by atoms with Crippen molar-refractivity contribution >= 4 is 55.4 Å². The molecule has 0 fully saturated rings. The molecule has 0 heterocycles. The van der Waals surface area contributed by atoms with Gasteiger partial charge in [0, 0.05) is 20.9 Å². The normalized spacial score (nSPS) is 10.0. The zero-order valence-electron chi connectivity index (χ0n) is 10.7. The Bertz CT molecular complexity index is 760. The van der Waals surface area contributed by atoms with Gasteiger partial charge >= 0.3 is 0 Å². The number of aromatic hydroxyl groups is 2. The van der Waals surface area contributed by atoms with E-state index in [9.17, 15) is 10.2 Å². The molecule has 2 N–H and O–H groups in total. The van der Waals surface area contributed by atoms with Gasteiger partial charge in [-0.1, -0.05) is 0 Å². The third-order valence-electron chi connectivity index (χ3n) is 2.69. The molecule has 0 aromatic heterocycles. The van der Waals surface area contributed by atoms with Crippen molar-refractivity contribution in [2.75, 3.05) is 0 Å². The lowest BCUT2D eigenvalue weighted by Crippen LogP contribution is -1.86. The van der Waals surface area contributed by atoms with E-state index in [1.54, 1.807) is 24.3 Å². The zero-order valence-corrected chi connectivity index (χ0v) is 15.5. The maximum Gasteiger partial charge on any atom is 0.138 e. The van der Waals surface area contributed by atoms with E-state index >= 15 is 0 Å². The van der Waals surface area contributed by atoms with Gasteiger partial charge in [0.2, 0.25) is 0 Å². The van der Waals surface area contributed by atoms with Gasteiger partial charge < -0.3 is 10.2 Å². The van der Waals surface area contributed by atoms with Crippen LogP contribution in [0.1, 0.15) is 0 Å². The predicted molar refractivity (Wildman–Crippen MR) is 93.5 cm³/mol. The fourth-order valence-electron chi connectivity index (χ4n) is 1.78. The van der Waals surface area contributed by atoms with Crippen LogP contribution in [0.3, 0.4) is 0 Å². The Hall–Kier alpha value is -1.32. The molecule has 0 atom stereocenters. The minimum absolute atomic E-state index is 0.0522. The molecule has 0 saturated heterocycles. The molecule has 8 heteroatoms. The van der Waals surface area contributed by atoms with Gasteiger partial charge in [0.1, 0.15) is 22.3 Å². The number of hydrogen-bond acceptors (Lipinski definition) is 6. The number of rotatable bonds is 3. The number of nitrogens with zero attached hydrogens (tertiary/aromatic N) is 2. The number of phenols is 2. The van der Waals surface area contributed by atoms with Gasteiger partial charge in [0.25, 0.3) is 0 Å². The van der Waals surface area contributed by atoms with Crippen molar-refractivity contribution in [1.29, 1.82) is 10.5 Å². The van der Waals surface area contributed by atoms with Gasteiger partial charge in [-0.05, 0) is 79.6 Å². The van der Waals surface area contributed by atoms with Crippen LogP contribution in [0, 0.1) is 21.3 Å². The topological polar surface area (TPSA) is 88.0 Å². The number of halogens is 2. The fraction of sp³-hybridized carbons (Fsp3) is 0. The summed E-state index contributed by atoms with van der Waals surface area (Å²) in [6.45, 7) is 0. The van der Waals surface area contributed by atoms with E-state index in [0.29, 0.717) is 29.9 Å². The van der Waals surface area contributed by atoms with E-state index < -0.39 is 0 Å². The van der Waals surface area contributed by atoms with Crippen molar-refractivity contribution in [2.24, 2.45) is 0 Å². The molecule has 0 amide bonds. The molecule has 110 valence electrons. The molecule has 2 aromatic carbocycles. The Morgan fingerprint density at radius 2 is 1.14 bits per heavy atom. The Morgan fingerprint density at radius 1 is 0.773 bits per heavy atom. The summed E-state index contributed by atoms with van der Waals surface area (Å²) >= 11 is 8.36. The highest BCUT2D eigenvalue weighted by molar-refractivity contribution is 9.11. The molecular weight excluding hydrogens is 452 g/mol. The van der Waals surface area contributed by atoms with Crippen molar-refractivity contribution in [1.82, 2.24) is 0 Å². The first-order valence-corrected chi connectivity index (χ1v) is 8.87. The first-order valence-electron chi connectivity index (χ1n) is 5.65. The van der Waals surface area contributed by atoms with E-state index in [4.69, 9.17) is 10.5 Å². The van der Waals surface area contributed by atoms with E-state index in [2.05, 4.69) is 31.9 Å². The van der Waals surface area contributed by atoms with Gasteiger partial charge in [-0.2, -0.15) is 10.5 Å². The molecule has 0 aliphatic heterocycles.